The van der Waals surface area contributed by atoms with E-state index in [0.717, 1.165) is 11.4 Å². The number of hydrogen-bond donors (Lipinski definition) is 0. The van der Waals surface area contributed by atoms with Crippen LogP contribution in [-0.2, 0) is 5.88 Å². The SMILES string of the molecule is Cc1nc2c(F)cccn2c1CCl. The fraction of sp³-hybridized carbons (Fsp3) is 0.222. The van der Waals surface area contributed by atoms with Gasteiger partial charge in [-0.2, -0.15) is 0 Å². The van der Waals surface area contributed by atoms with Crippen molar-refractivity contribution < 1.29 is 4.39 Å². The van der Waals surface area contributed by atoms with Crippen molar-refractivity contribution in [2.45, 2.75) is 12.8 Å². The van der Waals surface area contributed by atoms with E-state index in [9.17, 15) is 4.39 Å². The molecular weight excluding hydrogens is 191 g/mol. The fourth-order valence-electron chi connectivity index (χ4n) is 1.36. The first-order chi connectivity index (χ1) is 6.24. The molecule has 0 fully saturated rings. The molecule has 2 aromatic rings. The molecule has 0 unspecified atom stereocenters. The van der Waals surface area contributed by atoms with E-state index in [-0.39, 0.29) is 5.82 Å². The van der Waals surface area contributed by atoms with Gasteiger partial charge in [0.2, 0.25) is 0 Å². The van der Waals surface area contributed by atoms with E-state index < -0.39 is 0 Å². The van der Waals surface area contributed by atoms with Crippen LogP contribution in [0.2, 0.25) is 0 Å². The number of fused-ring (bicyclic) bond motifs is 1. The van der Waals surface area contributed by atoms with Gasteiger partial charge in [0.1, 0.15) is 0 Å². The third-order valence-electron chi connectivity index (χ3n) is 2.03. The van der Waals surface area contributed by atoms with Crippen molar-refractivity contribution in [2.24, 2.45) is 0 Å². The van der Waals surface area contributed by atoms with Crippen molar-refractivity contribution >= 4 is 17.2 Å². The Morgan fingerprint density at radius 1 is 1.62 bits per heavy atom. The van der Waals surface area contributed by atoms with Gasteiger partial charge in [-0.05, 0) is 19.1 Å². The van der Waals surface area contributed by atoms with Crippen LogP contribution in [0.1, 0.15) is 11.4 Å². The normalized spacial score (nSPS) is 11.0. The summed E-state index contributed by atoms with van der Waals surface area (Å²) in [4.78, 5) is 4.09. The monoisotopic (exact) mass is 198 g/mol. The zero-order chi connectivity index (χ0) is 9.42. The van der Waals surface area contributed by atoms with Gasteiger partial charge in [0.15, 0.2) is 11.5 Å². The maximum absolute atomic E-state index is 13.2. The minimum Gasteiger partial charge on any atom is -0.300 e. The van der Waals surface area contributed by atoms with Gasteiger partial charge in [0.05, 0.1) is 17.3 Å². The highest BCUT2D eigenvalue weighted by Crippen LogP contribution is 2.15. The van der Waals surface area contributed by atoms with Gasteiger partial charge >= 0.3 is 0 Å². The van der Waals surface area contributed by atoms with Crippen LogP contribution < -0.4 is 0 Å². The lowest BCUT2D eigenvalue weighted by Gasteiger charge is -1.97. The quantitative estimate of drug-likeness (QED) is 0.644. The number of imidazole rings is 1. The predicted octanol–water partition coefficient (Wildman–Crippen LogP) is 2.52. The molecule has 0 saturated carbocycles. The first-order valence-electron chi connectivity index (χ1n) is 3.92. The van der Waals surface area contributed by atoms with Gasteiger partial charge in [-0.1, -0.05) is 0 Å². The Kier molecular flexibility index (Phi) is 1.96. The summed E-state index contributed by atoms with van der Waals surface area (Å²) in [5, 5.41) is 0. The number of nitrogens with zero attached hydrogens (tertiary/aromatic N) is 2. The van der Waals surface area contributed by atoms with Crippen molar-refractivity contribution in [1.29, 1.82) is 0 Å². The van der Waals surface area contributed by atoms with Crippen LogP contribution in [0, 0.1) is 12.7 Å². The lowest BCUT2D eigenvalue weighted by molar-refractivity contribution is 0.629. The summed E-state index contributed by atoms with van der Waals surface area (Å²) >= 11 is 5.72. The van der Waals surface area contributed by atoms with E-state index in [4.69, 9.17) is 11.6 Å². The lowest BCUT2D eigenvalue weighted by atomic mass is 10.4. The Bertz CT molecular complexity index is 450. The minimum atomic E-state index is -0.318. The van der Waals surface area contributed by atoms with Crippen LogP contribution >= 0.6 is 11.6 Å². The van der Waals surface area contributed by atoms with E-state index in [1.807, 2.05) is 6.92 Å². The summed E-state index contributed by atoms with van der Waals surface area (Å²) in [5.41, 5.74) is 1.96. The molecule has 2 rings (SSSR count). The molecule has 0 amide bonds. The molecule has 0 saturated heterocycles. The van der Waals surface area contributed by atoms with Crippen LogP contribution in [0.5, 0.6) is 0 Å². The number of halogens is 2. The molecule has 0 spiro atoms. The van der Waals surface area contributed by atoms with E-state index in [1.165, 1.54) is 6.07 Å². The molecule has 2 aromatic heterocycles. The second kappa shape index (κ2) is 3.00. The maximum atomic E-state index is 13.2. The Morgan fingerprint density at radius 2 is 2.38 bits per heavy atom. The van der Waals surface area contributed by atoms with Crippen molar-refractivity contribution in [1.82, 2.24) is 9.38 Å². The highest BCUT2D eigenvalue weighted by molar-refractivity contribution is 6.17. The third-order valence-corrected chi connectivity index (χ3v) is 2.28. The highest BCUT2D eigenvalue weighted by Gasteiger charge is 2.09. The average molecular weight is 199 g/mol. The van der Waals surface area contributed by atoms with Crippen molar-refractivity contribution in [2.75, 3.05) is 0 Å². The Balaban J connectivity index is 2.86. The first kappa shape index (κ1) is 8.51. The van der Waals surface area contributed by atoms with E-state index in [2.05, 4.69) is 4.98 Å². The summed E-state index contributed by atoms with van der Waals surface area (Å²) in [6, 6.07) is 3.03. The van der Waals surface area contributed by atoms with E-state index in [0.29, 0.717) is 11.5 Å². The summed E-state index contributed by atoms with van der Waals surface area (Å²) < 4.78 is 14.9. The standard InChI is InChI=1S/C9H8ClFN2/c1-6-8(5-10)13-4-2-3-7(11)9(13)12-6/h2-4H,5H2,1H3. The Labute approximate surface area is 80.0 Å². The molecule has 0 aliphatic heterocycles. The number of pyridine rings is 1. The molecule has 0 aliphatic rings. The topological polar surface area (TPSA) is 17.3 Å². The molecule has 4 heteroatoms. The van der Waals surface area contributed by atoms with Gasteiger partial charge < -0.3 is 4.40 Å². The fourth-order valence-corrected chi connectivity index (χ4v) is 1.68. The second-order valence-electron chi connectivity index (χ2n) is 2.83. The zero-order valence-electron chi connectivity index (χ0n) is 7.09. The molecule has 2 heterocycles. The number of aromatic nitrogens is 2. The lowest BCUT2D eigenvalue weighted by Crippen LogP contribution is -1.91. The zero-order valence-corrected chi connectivity index (χ0v) is 7.85. The van der Waals surface area contributed by atoms with Crippen molar-refractivity contribution in [3.8, 4) is 0 Å². The van der Waals surface area contributed by atoms with Gasteiger partial charge in [0, 0.05) is 6.20 Å². The molecule has 0 atom stereocenters. The third kappa shape index (κ3) is 1.20. The average Bonchev–Trinajstić information content (AvgIpc) is 2.43. The second-order valence-corrected chi connectivity index (χ2v) is 3.09. The summed E-state index contributed by atoms with van der Waals surface area (Å²) in [6.07, 6.45) is 1.76. The number of aryl methyl sites for hydroxylation is 1. The van der Waals surface area contributed by atoms with Crippen LogP contribution in [0.15, 0.2) is 18.3 Å². The largest absolute Gasteiger partial charge is 0.300 e. The van der Waals surface area contributed by atoms with Crippen LogP contribution in [0.25, 0.3) is 5.65 Å². The number of hydrogen-bond acceptors (Lipinski definition) is 1. The molecule has 2 nitrogen and oxygen atoms in total. The molecular formula is C9H8ClFN2. The molecule has 13 heavy (non-hydrogen) atoms. The first-order valence-corrected chi connectivity index (χ1v) is 4.45. The van der Waals surface area contributed by atoms with Gasteiger partial charge in [0.25, 0.3) is 0 Å². The summed E-state index contributed by atoms with van der Waals surface area (Å²) in [5.74, 6) is 0.0261. The van der Waals surface area contributed by atoms with Crippen molar-refractivity contribution in [3.05, 3.63) is 35.5 Å². The smallest absolute Gasteiger partial charge is 0.173 e. The Morgan fingerprint density at radius 3 is 3.08 bits per heavy atom. The molecule has 0 N–H and O–H groups in total. The minimum absolute atomic E-state index is 0.318. The highest BCUT2D eigenvalue weighted by atomic mass is 35.5. The molecule has 0 bridgehead atoms. The predicted molar refractivity (Wildman–Crippen MR) is 49.4 cm³/mol. The number of alkyl halides is 1. The molecule has 68 valence electrons. The molecule has 0 aromatic carbocycles. The Hall–Kier alpha value is -1.09. The van der Waals surface area contributed by atoms with E-state index in [1.54, 1.807) is 16.7 Å². The van der Waals surface area contributed by atoms with E-state index >= 15 is 0 Å². The maximum Gasteiger partial charge on any atom is 0.173 e. The summed E-state index contributed by atoms with van der Waals surface area (Å²) in [7, 11) is 0. The van der Waals surface area contributed by atoms with Gasteiger partial charge in [-0.3, -0.25) is 0 Å². The van der Waals surface area contributed by atoms with Crippen LogP contribution in [0.3, 0.4) is 0 Å². The van der Waals surface area contributed by atoms with Crippen LogP contribution in [-0.4, -0.2) is 9.38 Å². The van der Waals surface area contributed by atoms with Crippen LogP contribution in [0.4, 0.5) is 4.39 Å². The number of rotatable bonds is 1. The van der Waals surface area contributed by atoms with Gasteiger partial charge in [-0.25, -0.2) is 9.37 Å². The molecule has 0 radical (unpaired) electrons. The molecule has 0 aliphatic carbocycles. The van der Waals surface area contributed by atoms with Gasteiger partial charge in [-0.15, -0.1) is 11.6 Å². The summed E-state index contributed by atoms with van der Waals surface area (Å²) in [6.45, 7) is 1.82. The van der Waals surface area contributed by atoms with Crippen molar-refractivity contribution in [3.63, 3.8) is 0 Å².